The number of nitrogens with one attached hydrogen (secondary N) is 2. The molecule has 0 saturated heterocycles. The summed E-state index contributed by atoms with van der Waals surface area (Å²) >= 11 is 0. The Balaban J connectivity index is 1.78. The van der Waals surface area contributed by atoms with Crippen LogP contribution in [0, 0.1) is 0 Å². The molecule has 0 heterocycles. The summed E-state index contributed by atoms with van der Waals surface area (Å²) in [7, 11) is 0.598. The fraction of sp³-hybridized carbons (Fsp3) is 0.364. The number of hydrogen-bond acceptors (Lipinski definition) is 8. The minimum absolute atomic E-state index is 0.0316. The molecule has 10 nitrogen and oxygen atoms in total. The molecule has 0 aliphatic heterocycles. The third-order valence-corrected chi connectivity index (χ3v) is 6.14. The van der Waals surface area contributed by atoms with E-state index in [9.17, 15) is 18.0 Å². The first-order chi connectivity index (χ1) is 15.7. The van der Waals surface area contributed by atoms with Crippen LogP contribution in [0.25, 0.3) is 0 Å². The summed E-state index contributed by atoms with van der Waals surface area (Å²) in [6, 6.07) is 9.93. The van der Waals surface area contributed by atoms with E-state index >= 15 is 0 Å². The van der Waals surface area contributed by atoms with Crippen LogP contribution in [-0.4, -0.2) is 60.8 Å². The van der Waals surface area contributed by atoms with Gasteiger partial charge in [-0.3, -0.25) is 9.59 Å². The Bertz CT molecular complexity index is 1050. The third kappa shape index (κ3) is 7.65. The third-order valence-electron chi connectivity index (χ3n) is 4.58. The molecule has 2 N–H and O–H groups in total. The van der Waals surface area contributed by atoms with Gasteiger partial charge in [0.05, 0.1) is 26.2 Å². The van der Waals surface area contributed by atoms with E-state index in [0.717, 1.165) is 5.56 Å². The predicted molar refractivity (Wildman–Crippen MR) is 120 cm³/mol. The number of sulfonamides is 1. The molecule has 0 aliphatic rings. The van der Waals surface area contributed by atoms with E-state index in [0.29, 0.717) is 30.2 Å². The zero-order chi connectivity index (χ0) is 24.4. The van der Waals surface area contributed by atoms with E-state index in [-0.39, 0.29) is 4.90 Å². The van der Waals surface area contributed by atoms with Crippen molar-refractivity contribution in [1.29, 1.82) is 0 Å². The molecule has 1 unspecified atom stereocenters. The Morgan fingerprint density at radius 2 is 1.61 bits per heavy atom. The zero-order valence-corrected chi connectivity index (χ0v) is 19.7. The summed E-state index contributed by atoms with van der Waals surface area (Å²) in [5.74, 6) is 0.310. The van der Waals surface area contributed by atoms with Gasteiger partial charge < -0.3 is 24.3 Å². The number of carbonyl (C=O) groups excluding carboxylic acids is 2. The molecule has 0 radical (unpaired) electrons. The van der Waals surface area contributed by atoms with E-state index in [1.165, 1.54) is 45.4 Å². The smallest absolute Gasteiger partial charge is 0.324 e. The van der Waals surface area contributed by atoms with Gasteiger partial charge in [0.2, 0.25) is 10.0 Å². The minimum atomic E-state index is -3.95. The molecule has 0 aromatic heterocycles. The molecule has 1 atom stereocenters. The van der Waals surface area contributed by atoms with Crippen LogP contribution < -0.4 is 24.2 Å². The predicted octanol–water partition coefficient (Wildman–Crippen LogP) is 1.28. The summed E-state index contributed by atoms with van der Waals surface area (Å²) in [6.45, 7) is 1.11. The van der Waals surface area contributed by atoms with Gasteiger partial charge in [-0.2, -0.15) is 4.72 Å². The second kappa shape index (κ2) is 12.1. The lowest BCUT2D eigenvalue weighted by atomic mass is 10.1. The molecule has 11 heteroatoms. The van der Waals surface area contributed by atoms with Gasteiger partial charge in [0.15, 0.2) is 18.1 Å². The van der Waals surface area contributed by atoms with Gasteiger partial charge >= 0.3 is 5.97 Å². The highest BCUT2D eigenvalue weighted by molar-refractivity contribution is 7.89. The van der Waals surface area contributed by atoms with Crippen LogP contribution in [0.15, 0.2) is 47.4 Å². The summed E-state index contributed by atoms with van der Waals surface area (Å²) < 4.78 is 47.3. The van der Waals surface area contributed by atoms with Crippen molar-refractivity contribution in [3.05, 3.63) is 48.0 Å². The number of ether oxygens (including phenoxy) is 4. The highest BCUT2D eigenvalue weighted by Crippen LogP contribution is 2.27. The lowest BCUT2D eigenvalue weighted by molar-refractivity contribution is -0.149. The fourth-order valence-corrected chi connectivity index (χ4v) is 3.99. The number of benzene rings is 2. The van der Waals surface area contributed by atoms with Crippen molar-refractivity contribution in [3.63, 3.8) is 0 Å². The summed E-state index contributed by atoms with van der Waals surface area (Å²) in [5.41, 5.74) is 0.923. The highest BCUT2D eigenvalue weighted by atomic mass is 32.2. The standard InChI is InChI=1S/C22H28N2O8S/c1-15(24-33(27,28)18-8-6-17(29-2)7-9-18)22(26)32-14-21(25)23-12-11-16-5-10-19(30-3)20(13-16)31-4/h5-10,13,15,24H,11-12,14H2,1-4H3,(H,23,25). The van der Waals surface area contributed by atoms with Crippen LogP contribution >= 0.6 is 0 Å². The van der Waals surface area contributed by atoms with Gasteiger partial charge in [-0.15, -0.1) is 0 Å². The molecule has 33 heavy (non-hydrogen) atoms. The lowest BCUT2D eigenvalue weighted by Crippen LogP contribution is -2.41. The maximum Gasteiger partial charge on any atom is 0.324 e. The normalized spacial score (nSPS) is 11.9. The van der Waals surface area contributed by atoms with Gasteiger partial charge in [0, 0.05) is 6.54 Å². The van der Waals surface area contributed by atoms with Crippen LogP contribution in [0.3, 0.4) is 0 Å². The van der Waals surface area contributed by atoms with Crippen LogP contribution in [0.2, 0.25) is 0 Å². The molecule has 1 amide bonds. The van der Waals surface area contributed by atoms with Crippen molar-refractivity contribution in [2.75, 3.05) is 34.5 Å². The lowest BCUT2D eigenvalue weighted by Gasteiger charge is -2.14. The molecule has 0 bridgehead atoms. The van der Waals surface area contributed by atoms with Crippen molar-refractivity contribution < 1.29 is 37.0 Å². The molecular weight excluding hydrogens is 452 g/mol. The first-order valence-electron chi connectivity index (χ1n) is 10.0. The van der Waals surface area contributed by atoms with Crippen molar-refractivity contribution in [3.8, 4) is 17.2 Å². The Morgan fingerprint density at radius 3 is 2.21 bits per heavy atom. The number of methoxy groups -OCH3 is 3. The van der Waals surface area contributed by atoms with Crippen molar-refractivity contribution >= 4 is 21.9 Å². The number of hydrogen-bond donors (Lipinski definition) is 2. The summed E-state index contributed by atoms with van der Waals surface area (Å²) in [6.07, 6.45) is 0.526. The maximum atomic E-state index is 12.4. The van der Waals surface area contributed by atoms with Gasteiger partial charge in [0.1, 0.15) is 11.8 Å². The van der Waals surface area contributed by atoms with E-state index in [2.05, 4.69) is 10.0 Å². The molecule has 2 aromatic rings. The van der Waals surface area contributed by atoms with Crippen molar-refractivity contribution in [1.82, 2.24) is 10.0 Å². The average Bonchev–Trinajstić information content (AvgIpc) is 2.82. The largest absolute Gasteiger partial charge is 0.497 e. The molecule has 0 spiro atoms. The molecule has 0 aliphatic carbocycles. The number of rotatable bonds is 12. The Kier molecular flexibility index (Phi) is 9.49. The number of carbonyl (C=O) groups is 2. The molecule has 2 aromatic carbocycles. The van der Waals surface area contributed by atoms with E-state index in [4.69, 9.17) is 18.9 Å². The fourth-order valence-electron chi connectivity index (χ4n) is 2.80. The monoisotopic (exact) mass is 480 g/mol. The van der Waals surface area contributed by atoms with Crippen molar-refractivity contribution in [2.45, 2.75) is 24.3 Å². The maximum absolute atomic E-state index is 12.4. The average molecular weight is 481 g/mol. The van der Waals surface area contributed by atoms with E-state index < -0.39 is 34.5 Å². The molecule has 0 saturated carbocycles. The van der Waals surface area contributed by atoms with Gasteiger partial charge in [-0.05, 0) is 55.3 Å². The molecular formula is C22H28N2O8S. The molecule has 180 valence electrons. The van der Waals surface area contributed by atoms with E-state index in [1.807, 2.05) is 12.1 Å². The first kappa shape index (κ1) is 25.9. The van der Waals surface area contributed by atoms with Gasteiger partial charge in [-0.25, -0.2) is 8.42 Å². The summed E-state index contributed by atoms with van der Waals surface area (Å²) in [4.78, 5) is 24.0. The van der Waals surface area contributed by atoms with Crippen molar-refractivity contribution in [2.24, 2.45) is 0 Å². The van der Waals surface area contributed by atoms with Crippen LogP contribution in [0.5, 0.6) is 17.2 Å². The van der Waals surface area contributed by atoms with Crippen LogP contribution in [0.4, 0.5) is 0 Å². The van der Waals surface area contributed by atoms with E-state index in [1.54, 1.807) is 13.2 Å². The second-order valence-corrected chi connectivity index (χ2v) is 8.63. The minimum Gasteiger partial charge on any atom is -0.497 e. The SMILES string of the molecule is COc1ccc(S(=O)(=O)NC(C)C(=O)OCC(=O)NCCc2ccc(OC)c(OC)c2)cc1. The Morgan fingerprint density at radius 1 is 0.939 bits per heavy atom. The first-order valence-corrected chi connectivity index (χ1v) is 11.5. The Hall–Kier alpha value is -3.31. The highest BCUT2D eigenvalue weighted by Gasteiger charge is 2.23. The summed E-state index contributed by atoms with van der Waals surface area (Å²) in [5, 5.41) is 2.64. The van der Waals surface area contributed by atoms with Crippen LogP contribution in [-0.2, 0) is 30.8 Å². The molecule has 0 fully saturated rings. The number of esters is 1. The quantitative estimate of drug-likeness (QED) is 0.435. The topological polar surface area (TPSA) is 129 Å². The Labute approximate surface area is 193 Å². The number of amides is 1. The van der Waals surface area contributed by atoms with Crippen LogP contribution in [0.1, 0.15) is 12.5 Å². The van der Waals surface area contributed by atoms with Gasteiger partial charge in [0.25, 0.3) is 5.91 Å². The molecule has 2 rings (SSSR count). The zero-order valence-electron chi connectivity index (χ0n) is 18.9. The van der Waals surface area contributed by atoms with Gasteiger partial charge in [-0.1, -0.05) is 6.07 Å². The second-order valence-electron chi connectivity index (χ2n) is 6.92.